The van der Waals surface area contributed by atoms with E-state index in [2.05, 4.69) is 72.8 Å². The Labute approximate surface area is 210 Å². The van der Waals surface area contributed by atoms with Crippen molar-refractivity contribution in [2.45, 2.75) is 0 Å². The summed E-state index contributed by atoms with van der Waals surface area (Å²) in [6.45, 7) is 0. The van der Waals surface area contributed by atoms with E-state index in [1.54, 1.807) is 0 Å². The van der Waals surface area contributed by atoms with Crippen LogP contribution in [-0.2, 0) is 0 Å². The monoisotopic (exact) mass is 679 g/mol. The Hall–Kier alpha value is -2.21. The summed E-state index contributed by atoms with van der Waals surface area (Å²) in [6, 6.07) is 26.1. The molecule has 0 fully saturated rings. The van der Waals surface area contributed by atoms with Crippen molar-refractivity contribution >= 4 is 39.8 Å². The lowest BCUT2D eigenvalue weighted by molar-refractivity contribution is -0.595. The summed E-state index contributed by atoms with van der Waals surface area (Å²) in [5, 5.41) is 2.76. The van der Waals surface area contributed by atoms with Crippen LogP contribution in [0.4, 0.5) is 69.1 Å². The number of rotatable bonds is 2. The predicted molar refractivity (Wildman–Crippen MR) is 109 cm³/mol. The molecule has 0 bridgehead atoms. The lowest BCUT2D eigenvalue weighted by Crippen LogP contribution is -3.61. The van der Waals surface area contributed by atoms with Crippen LogP contribution in [0.5, 0.6) is 0 Å². The molecule has 37 heavy (non-hydrogen) atoms. The van der Waals surface area contributed by atoms with Gasteiger partial charge in [0.2, 0.25) is 3.57 Å². The van der Waals surface area contributed by atoms with Gasteiger partial charge in [-0.2, -0.15) is 0 Å². The fraction of sp³-hybridized carbons (Fsp3) is 0. The molecule has 0 atom stereocenters. The molecule has 0 aliphatic heterocycles. The van der Waals surface area contributed by atoms with Crippen molar-refractivity contribution in [3.63, 3.8) is 0 Å². The van der Waals surface area contributed by atoms with Crippen LogP contribution >= 0.6 is 0 Å². The van der Waals surface area contributed by atoms with E-state index in [9.17, 15) is 69.1 Å². The van der Waals surface area contributed by atoms with E-state index in [0.717, 1.165) is 0 Å². The zero-order chi connectivity index (χ0) is 29.5. The lowest BCUT2D eigenvalue weighted by atomic mass is 10.1. The van der Waals surface area contributed by atoms with Crippen molar-refractivity contribution in [2.75, 3.05) is 0 Å². The summed E-state index contributed by atoms with van der Waals surface area (Å²) >= 11 is -0.0735. The molecule has 0 nitrogen and oxygen atoms in total. The molecule has 0 heterocycles. The molecule has 0 spiro atoms. The molecule has 0 radical (unpaired) electrons. The van der Waals surface area contributed by atoms with Gasteiger partial charge in [-0.25, -0.2) is 0 Å². The Kier molecular flexibility index (Phi) is 16.6. The van der Waals surface area contributed by atoms with Crippen molar-refractivity contribution in [2.24, 2.45) is 0 Å². The van der Waals surface area contributed by atoms with Crippen LogP contribution in [0.1, 0.15) is 0 Å². The van der Waals surface area contributed by atoms with E-state index in [0.29, 0.717) is 0 Å². The summed E-state index contributed by atoms with van der Waals surface area (Å²) in [6.07, 6.45) is 0. The van der Waals surface area contributed by atoms with Crippen molar-refractivity contribution in [1.82, 2.24) is 0 Å². The topological polar surface area (TPSA) is 0 Å². The van der Waals surface area contributed by atoms with Crippen LogP contribution in [0.2, 0.25) is 0 Å². The number of halogens is 17. The molecule has 3 aromatic carbocycles. The van der Waals surface area contributed by atoms with Gasteiger partial charge in [-0.3, -0.25) is 0 Å². The van der Waals surface area contributed by atoms with E-state index >= 15 is 0 Å². The van der Waals surface area contributed by atoms with Gasteiger partial charge in [0.15, 0.2) is 3.57 Å². The largest absolute Gasteiger partial charge is 0.673 e. The molecule has 210 valence electrons. The molecule has 0 unspecified atom stereocenters. The molecule has 3 aromatic rings. The van der Waals surface area contributed by atoms with Gasteiger partial charge in [-0.1, -0.05) is 48.5 Å². The molecule has 3 rings (SSSR count). The lowest BCUT2D eigenvalue weighted by Gasteiger charge is -1.95. The van der Waals surface area contributed by atoms with Crippen LogP contribution in [-0.4, -0.2) is 29.0 Å². The first-order chi connectivity index (χ1) is 16.4. The van der Waals surface area contributed by atoms with Crippen molar-refractivity contribution < 1.29 is 90.3 Å². The second-order valence-corrected chi connectivity index (χ2v) is 8.78. The third kappa shape index (κ3) is 36.0. The zero-order valence-electron chi connectivity index (χ0n) is 17.7. The predicted octanol–water partition coefficient (Wildman–Crippen LogP) is 6.17. The Morgan fingerprint density at radius 1 is 0.378 bits per heavy atom. The van der Waals surface area contributed by atoms with Gasteiger partial charge < -0.3 is 69.1 Å². The average Bonchev–Trinajstić information content (AvgIpc) is 2.64. The quantitative estimate of drug-likeness (QED) is 0.173. The highest BCUT2D eigenvalue weighted by molar-refractivity contribution is 6.50. The molecule has 0 aliphatic carbocycles. The highest BCUT2D eigenvalue weighted by Crippen LogP contribution is 2.12. The minimum atomic E-state index is -6.00. The summed E-state index contributed by atoms with van der Waals surface area (Å²) < 4.78 is 159. The van der Waals surface area contributed by atoms with Gasteiger partial charge in [-0.05, 0) is 29.7 Å². The van der Waals surface area contributed by atoms with Crippen LogP contribution < -0.4 is 21.2 Å². The van der Waals surface area contributed by atoms with E-state index in [-0.39, 0.29) is 21.2 Å². The molecule has 0 saturated heterocycles. The fourth-order valence-electron chi connectivity index (χ4n) is 1.86. The molecule has 0 aromatic heterocycles. The molecule has 21 heteroatoms. The van der Waals surface area contributed by atoms with Gasteiger partial charge in [0.25, 0.3) is 0 Å². The van der Waals surface area contributed by atoms with E-state index < -0.39 is 29.0 Å². The van der Waals surface area contributed by atoms with Gasteiger partial charge in [-0.15, -0.1) is 0 Å². The highest BCUT2D eigenvalue weighted by atomic mass is 127. The minimum Gasteiger partial charge on any atom is -0.418 e. The highest BCUT2D eigenvalue weighted by Gasteiger charge is 2.22. The maximum Gasteiger partial charge on any atom is 0.673 e. The van der Waals surface area contributed by atoms with E-state index in [1.165, 1.54) is 17.9 Å². The summed E-state index contributed by atoms with van der Waals surface area (Å²) in [5.41, 5.74) is 0. The molecular formula is C16H12B4F16I-3. The smallest absolute Gasteiger partial charge is 0.418 e. The minimum absolute atomic E-state index is 0.0735. The standard InChI is InChI=1S/C16H12I.4BF4/c1-2-9-14(10-3-1)17-16-12-6-8-13-7-4-5-11-15(13)16;4*2-1(3,4)5/h1-12H;;;;/q+1;4*-1. The first-order valence-corrected chi connectivity index (χ1v) is 11.3. The Morgan fingerprint density at radius 3 is 1.11 bits per heavy atom. The van der Waals surface area contributed by atoms with Crippen LogP contribution in [0, 0.1) is 7.14 Å². The van der Waals surface area contributed by atoms with E-state index in [4.69, 9.17) is 0 Å². The Balaban J connectivity index is 0. The Bertz CT molecular complexity index is 929. The third-order valence-corrected chi connectivity index (χ3v) is 5.54. The Morgan fingerprint density at radius 2 is 0.703 bits per heavy atom. The number of fused-ring (bicyclic) bond motifs is 1. The van der Waals surface area contributed by atoms with Crippen molar-refractivity contribution in [3.8, 4) is 0 Å². The average molecular weight is 678 g/mol. The normalized spacial score (nSPS) is 11.4. The fourth-order valence-corrected chi connectivity index (χ4v) is 4.48. The summed E-state index contributed by atoms with van der Waals surface area (Å²) in [5.74, 6) is 0. The first kappa shape index (κ1) is 36.9. The maximum atomic E-state index is 9.75. The third-order valence-electron chi connectivity index (χ3n) is 2.68. The van der Waals surface area contributed by atoms with Gasteiger partial charge >= 0.3 is 50.2 Å². The second-order valence-electron chi connectivity index (χ2n) is 5.83. The summed E-state index contributed by atoms with van der Waals surface area (Å²) in [4.78, 5) is 0. The maximum absolute atomic E-state index is 9.75. The van der Waals surface area contributed by atoms with Crippen LogP contribution in [0.25, 0.3) is 10.8 Å². The number of hydrogen-bond acceptors (Lipinski definition) is 0. The zero-order valence-corrected chi connectivity index (χ0v) is 19.8. The van der Waals surface area contributed by atoms with Gasteiger partial charge in [0.05, 0.1) is 0 Å². The molecule has 0 saturated carbocycles. The van der Waals surface area contributed by atoms with E-state index in [1.807, 2.05) is 0 Å². The molecule has 0 N–H and O–H groups in total. The number of hydrogen-bond donors (Lipinski definition) is 0. The number of benzene rings is 3. The van der Waals surface area contributed by atoms with Gasteiger partial charge in [0, 0.05) is 5.39 Å². The molecule has 0 amide bonds. The first-order valence-electron chi connectivity index (χ1n) is 9.10. The van der Waals surface area contributed by atoms with Crippen LogP contribution in [0.15, 0.2) is 72.8 Å². The van der Waals surface area contributed by atoms with Crippen LogP contribution in [0.3, 0.4) is 0 Å². The summed E-state index contributed by atoms with van der Waals surface area (Å²) in [7, 11) is -24.0. The second kappa shape index (κ2) is 16.6. The molecule has 0 aliphatic rings. The molecular weight excluding hydrogens is 666 g/mol. The van der Waals surface area contributed by atoms with Crippen molar-refractivity contribution in [1.29, 1.82) is 0 Å². The van der Waals surface area contributed by atoms with Gasteiger partial charge in [0.1, 0.15) is 0 Å². The van der Waals surface area contributed by atoms with Crippen molar-refractivity contribution in [3.05, 3.63) is 79.9 Å². The SMILES string of the molecule is F[B-](F)(F)F.F[B-](F)(F)F.F[B-](F)(F)F.F[B-](F)(F)F.c1ccc([I+]c2cccc3ccccc23)cc1.